The zero-order chi connectivity index (χ0) is 15.5. The molecule has 0 N–H and O–H groups in total. The Bertz CT molecular complexity index is 734. The molecule has 0 saturated heterocycles. The van der Waals surface area contributed by atoms with Crippen molar-refractivity contribution >= 4 is 5.97 Å². The molecule has 0 saturated carbocycles. The first-order valence-corrected chi connectivity index (χ1v) is 6.22. The minimum atomic E-state index is -1.87. The lowest BCUT2D eigenvalue weighted by Gasteiger charge is -2.35. The van der Waals surface area contributed by atoms with Crippen molar-refractivity contribution in [2.75, 3.05) is 7.11 Å². The topological polar surface area (TPSA) is 26.3 Å². The predicted octanol–water partition coefficient (Wildman–Crippen LogP) is 3.48. The van der Waals surface area contributed by atoms with Gasteiger partial charge in [-0.2, -0.15) is 0 Å². The van der Waals surface area contributed by atoms with Crippen LogP contribution in [0.15, 0.2) is 23.3 Å². The second kappa shape index (κ2) is 4.44. The summed E-state index contributed by atoms with van der Waals surface area (Å²) in [6, 6.07) is 0. The van der Waals surface area contributed by atoms with Crippen LogP contribution in [-0.4, -0.2) is 13.1 Å². The van der Waals surface area contributed by atoms with Crippen LogP contribution in [0.1, 0.15) is 29.9 Å². The molecule has 4 rings (SSSR count). The van der Waals surface area contributed by atoms with Crippen molar-refractivity contribution in [1.29, 1.82) is 0 Å². The van der Waals surface area contributed by atoms with Crippen molar-refractivity contribution in [3.8, 4) is 0 Å². The lowest BCUT2D eigenvalue weighted by Crippen LogP contribution is -2.28. The number of hydrogen-bond donors (Lipinski definition) is 0. The number of esters is 1. The SMILES string of the molecule is COC(=O)C1=CC2C(C)=C[C@H]1c1c(F)c(F)c(F)c(F)c12. The molecule has 110 valence electrons. The van der Waals surface area contributed by atoms with Gasteiger partial charge in [-0.25, -0.2) is 22.4 Å². The second-order valence-electron chi connectivity index (χ2n) is 5.06. The number of carbonyl (C=O) groups is 1. The monoisotopic (exact) mass is 298 g/mol. The highest BCUT2D eigenvalue weighted by Gasteiger charge is 2.42. The number of halogens is 4. The van der Waals surface area contributed by atoms with Crippen LogP contribution in [0.4, 0.5) is 17.6 Å². The van der Waals surface area contributed by atoms with E-state index in [1.807, 2.05) is 0 Å². The van der Waals surface area contributed by atoms with Crippen molar-refractivity contribution < 1.29 is 27.1 Å². The maximum atomic E-state index is 14.1. The number of benzene rings is 1. The highest BCUT2D eigenvalue weighted by molar-refractivity contribution is 5.92. The average Bonchev–Trinajstić information content (AvgIpc) is 2.49. The van der Waals surface area contributed by atoms with E-state index in [9.17, 15) is 22.4 Å². The van der Waals surface area contributed by atoms with Gasteiger partial charge in [-0.3, -0.25) is 0 Å². The Kier molecular flexibility index (Phi) is 2.93. The normalized spacial score (nSPS) is 22.6. The second-order valence-corrected chi connectivity index (χ2v) is 5.06. The molecule has 3 aliphatic rings. The molecule has 0 heterocycles. The Morgan fingerprint density at radius 3 is 2.00 bits per heavy atom. The van der Waals surface area contributed by atoms with Crippen LogP contribution in [0.25, 0.3) is 0 Å². The molecule has 3 aliphatic carbocycles. The van der Waals surface area contributed by atoms with Gasteiger partial charge in [0.15, 0.2) is 23.3 Å². The number of methoxy groups -OCH3 is 1. The molecule has 2 nitrogen and oxygen atoms in total. The van der Waals surface area contributed by atoms with E-state index >= 15 is 0 Å². The van der Waals surface area contributed by atoms with Gasteiger partial charge in [0.2, 0.25) is 0 Å². The maximum Gasteiger partial charge on any atom is 0.334 e. The summed E-state index contributed by atoms with van der Waals surface area (Å²) >= 11 is 0. The van der Waals surface area contributed by atoms with E-state index in [1.54, 1.807) is 13.0 Å². The van der Waals surface area contributed by atoms with E-state index in [4.69, 9.17) is 0 Å². The molecular formula is C15H10F4O2. The lowest BCUT2D eigenvalue weighted by atomic mass is 9.68. The average molecular weight is 298 g/mol. The highest BCUT2D eigenvalue weighted by Crippen LogP contribution is 2.50. The molecule has 0 aromatic heterocycles. The van der Waals surface area contributed by atoms with Gasteiger partial charge in [-0.1, -0.05) is 17.7 Å². The summed E-state index contributed by atoms with van der Waals surface area (Å²) in [5, 5.41) is 0. The zero-order valence-electron chi connectivity index (χ0n) is 11.1. The Morgan fingerprint density at radius 2 is 1.48 bits per heavy atom. The van der Waals surface area contributed by atoms with Crippen LogP contribution in [0.3, 0.4) is 0 Å². The van der Waals surface area contributed by atoms with Gasteiger partial charge in [0, 0.05) is 28.5 Å². The fourth-order valence-electron chi connectivity index (χ4n) is 3.01. The fourth-order valence-corrected chi connectivity index (χ4v) is 3.01. The van der Waals surface area contributed by atoms with Gasteiger partial charge in [-0.15, -0.1) is 0 Å². The van der Waals surface area contributed by atoms with Crippen molar-refractivity contribution in [3.63, 3.8) is 0 Å². The third-order valence-electron chi connectivity index (χ3n) is 3.99. The Labute approximate surface area is 117 Å². The third kappa shape index (κ3) is 1.68. The molecular weight excluding hydrogens is 288 g/mol. The third-order valence-corrected chi connectivity index (χ3v) is 3.99. The molecule has 0 spiro atoms. The first kappa shape index (κ1) is 13.9. The summed E-state index contributed by atoms with van der Waals surface area (Å²) in [7, 11) is 1.16. The molecule has 1 aromatic rings. The molecule has 2 bridgehead atoms. The van der Waals surface area contributed by atoms with Gasteiger partial charge in [0.25, 0.3) is 0 Å². The van der Waals surface area contributed by atoms with Gasteiger partial charge in [0.1, 0.15) is 0 Å². The Morgan fingerprint density at radius 1 is 0.952 bits per heavy atom. The van der Waals surface area contributed by atoms with Gasteiger partial charge in [-0.05, 0) is 6.92 Å². The Balaban J connectivity index is 2.31. The predicted molar refractivity (Wildman–Crippen MR) is 65.6 cm³/mol. The van der Waals surface area contributed by atoms with Crippen LogP contribution in [0.5, 0.6) is 0 Å². The Hall–Kier alpha value is -2.11. The summed E-state index contributed by atoms with van der Waals surface area (Å²) in [5.74, 6) is -9.05. The standard InChI is InChI=1S/C15H10F4O2/c1-5-3-7-8(15(20)21-2)4-6(5)9-10(7)12(17)14(19)13(18)11(9)16/h3-4,6-7H,1-2H3/t6?,7-/m1/s1. The first-order valence-electron chi connectivity index (χ1n) is 6.22. The fraction of sp³-hybridized carbons (Fsp3) is 0.267. The molecule has 1 unspecified atom stereocenters. The van der Waals surface area contributed by atoms with Crippen molar-refractivity contribution in [2.45, 2.75) is 18.8 Å². The summed E-state index contributed by atoms with van der Waals surface area (Å²) in [6.45, 7) is 1.66. The summed E-state index contributed by atoms with van der Waals surface area (Å²) in [6.07, 6.45) is 2.95. The van der Waals surface area contributed by atoms with Gasteiger partial charge < -0.3 is 4.74 Å². The minimum Gasteiger partial charge on any atom is -0.466 e. The number of rotatable bonds is 1. The van der Waals surface area contributed by atoms with Crippen molar-refractivity contribution in [3.05, 3.63) is 57.7 Å². The number of hydrogen-bond acceptors (Lipinski definition) is 2. The largest absolute Gasteiger partial charge is 0.466 e. The molecule has 2 atom stereocenters. The summed E-state index contributed by atoms with van der Waals surface area (Å²) in [4.78, 5) is 11.7. The first-order chi connectivity index (χ1) is 9.88. The lowest BCUT2D eigenvalue weighted by molar-refractivity contribution is -0.136. The van der Waals surface area contributed by atoms with Crippen LogP contribution in [-0.2, 0) is 9.53 Å². The highest BCUT2D eigenvalue weighted by atomic mass is 19.2. The smallest absolute Gasteiger partial charge is 0.334 e. The zero-order valence-corrected chi connectivity index (χ0v) is 11.1. The van der Waals surface area contributed by atoms with Gasteiger partial charge >= 0.3 is 5.97 Å². The molecule has 0 fully saturated rings. The van der Waals surface area contributed by atoms with Crippen LogP contribution in [0.2, 0.25) is 0 Å². The molecule has 6 heteroatoms. The maximum absolute atomic E-state index is 14.1. The summed E-state index contributed by atoms with van der Waals surface area (Å²) < 4.78 is 59.6. The van der Waals surface area contributed by atoms with E-state index in [-0.39, 0.29) is 16.7 Å². The molecule has 0 radical (unpaired) electrons. The minimum absolute atomic E-state index is 0.102. The van der Waals surface area contributed by atoms with Gasteiger partial charge in [0.05, 0.1) is 7.11 Å². The van der Waals surface area contributed by atoms with Crippen molar-refractivity contribution in [2.24, 2.45) is 0 Å². The van der Waals surface area contributed by atoms with Crippen molar-refractivity contribution in [1.82, 2.24) is 0 Å². The van der Waals surface area contributed by atoms with E-state index < -0.39 is 41.1 Å². The van der Waals surface area contributed by atoms with E-state index in [0.717, 1.165) is 7.11 Å². The van der Waals surface area contributed by atoms with Crippen LogP contribution < -0.4 is 0 Å². The number of ether oxygens (including phenoxy) is 1. The van der Waals surface area contributed by atoms with E-state index in [2.05, 4.69) is 4.74 Å². The quantitative estimate of drug-likeness (QED) is 0.261. The van der Waals surface area contributed by atoms with E-state index in [0.29, 0.717) is 5.57 Å². The van der Waals surface area contributed by atoms with Crippen LogP contribution >= 0.6 is 0 Å². The number of allylic oxidation sites excluding steroid dienone is 3. The molecule has 21 heavy (non-hydrogen) atoms. The van der Waals surface area contributed by atoms with E-state index in [1.165, 1.54) is 6.08 Å². The molecule has 0 amide bonds. The number of carbonyl (C=O) groups excluding carboxylic acids is 1. The molecule has 0 aliphatic heterocycles. The molecule has 1 aromatic carbocycles. The van der Waals surface area contributed by atoms with Crippen LogP contribution in [0, 0.1) is 23.3 Å². The summed E-state index contributed by atoms with van der Waals surface area (Å²) in [5.41, 5.74) is 0.170.